The number of carbonyl (C=O) groups excluding carboxylic acids is 1. The highest BCUT2D eigenvalue weighted by atomic mass is 16.5. The van der Waals surface area contributed by atoms with Crippen molar-refractivity contribution in [1.29, 1.82) is 0 Å². The summed E-state index contributed by atoms with van der Waals surface area (Å²) >= 11 is 0. The van der Waals surface area contributed by atoms with Crippen molar-refractivity contribution >= 4 is 12.0 Å². The number of nitrogens with one attached hydrogen (secondary N) is 2. The zero-order valence-electron chi connectivity index (χ0n) is 10.3. The maximum atomic E-state index is 11.4. The van der Waals surface area contributed by atoms with Gasteiger partial charge in [-0.25, -0.2) is 9.59 Å². The second-order valence-corrected chi connectivity index (χ2v) is 3.73. The summed E-state index contributed by atoms with van der Waals surface area (Å²) in [7, 11) is 0. The fourth-order valence-corrected chi connectivity index (χ4v) is 1.13. The van der Waals surface area contributed by atoms with Crippen LogP contribution in [0.5, 0.6) is 0 Å². The summed E-state index contributed by atoms with van der Waals surface area (Å²) in [6, 6.07) is -2.21. The van der Waals surface area contributed by atoms with Gasteiger partial charge in [0, 0.05) is 6.61 Å². The Bertz CT molecular complexity index is 257. The quantitative estimate of drug-likeness (QED) is 0.488. The minimum atomic E-state index is -1.32. The van der Waals surface area contributed by atoms with Crippen LogP contribution >= 0.6 is 0 Å². The van der Waals surface area contributed by atoms with Gasteiger partial charge >= 0.3 is 12.0 Å². The van der Waals surface area contributed by atoms with Gasteiger partial charge < -0.3 is 25.6 Å². The zero-order valence-corrected chi connectivity index (χ0v) is 10.3. The number of carboxylic acids is 1. The topological polar surface area (TPSA) is 108 Å². The molecule has 0 spiro atoms. The van der Waals surface area contributed by atoms with Crippen molar-refractivity contribution in [3.8, 4) is 0 Å². The van der Waals surface area contributed by atoms with Crippen molar-refractivity contribution in [3.63, 3.8) is 0 Å². The molecule has 3 atom stereocenters. The molecule has 0 saturated heterocycles. The maximum Gasteiger partial charge on any atom is 0.328 e. The molecular weight excluding hydrogens is 228 g/mol. The summed E-state index contributed by atoms with van der Waals surface area (Å²) < 4.78 is 5.09. The lowest BCUT2D eigenvalue weighted by molar-refractivity contribution is -0.141. The lowest BCUT2D eigenvalue weighted by atomic mass is 10.2. The second kappa shape index (κ2) is 7.86. The Kier molecular flexibility index (Phi) is 7.24. The molecule has 7 heteroatoms. The van der Waals surface area contributed by atoms with Gasteiger partial charge in [0.25, 0.3) is 0 Å². The second-order valence-electron chi connectivity index (χ2n) is 3.73. The van der Waals surface area contributed by atoms with Gasteiger partial charge in [0.15, 0.2) is 6.04 Å². The molecule has 0 heterocycles. The van der Waals surface area contributed by atoms with E-state index in [1.807, 2.05) is 6.92 Å². The summed E-state index contributed by atoms with van der Waals surface area (Å²) in [5, 5.41) is 22.6. The van der Waals surface area contributed by atoms with Gasteiger partial charge in [-0.2, -0.15) is 0 Å². The van der Waals surface area contributed by atoms with Gasteiger partial charge in [0.2, 0.25) is 0 Å². The van der Waals surface area contributed by atoms with Crippen molar-refractivity contribution in [2.45, 2.75) is 39.0 Å². The molecule has 0 rings (SSSR count). The van der Waals surface area contributed by atoms with E-state index in [2.05, 4.69) is 10.6 Å². The molecule has 100 valence electrons. The highest BCUT2D eigenvalue weighted by molar-refractivity contribution is 5.83. The Balaban J connectivity index is 4.10. The lowest BCUT2D eigenvalue weighted by Gasteiger charge is -2.19. The first-order valence-corrected chi connectivity index (χ1v) is 5.44. The van der Waals surface area contributed by atoms with Gasteiger partial charge in [-0.1, -0.05) is 0 Å². The molecule has 0 bridgehead atoms. The minimum absolute atomic E-state index is 0.238. The summed E-state index contributed by atoms with van der Waals surface area (Å²) in [4.78, 5) is 22.1. The average Bonchev–Trinajstić information content (AvgIpc) is 2.22. The van der Waals surface area contributed by atoms with Crippen LogP contribution in [0.25, 0.3) is 0 Å². The van der Waals surface area contributed by atoms with Crippen molar-refractivity contribution in [2.75, 3.05) is 13.2 Å². The van der Waals surface area contributed by atoms with Gasteiger partial charge in [-0.3, -0.25) is 0 Å². The number of hydrogen-bond donors (Lipinski definition) is 4. The van der Waals surface area contributed by atoms with Crippen LogP contribution in [0, 0.1) is 0 Å². The fourth-order valence-electron chi connectivity index (χ4n) is 1.13. The molecule has 0 aromatic carbocycles. The molecule has 0 fully saturated rings. The van der Waals surface area contributed by atoms with Crippen LogP contribution in [0.1, 0.15) is 20.8 Å². The number of amides is 2. The lowest BCUT2D eigenvalue weighted by Crippen LogP contribution is -2.53. The zero-order chi connectivity index (χ0) is 13.4. The molecule has 0 radical (unpaired) electrons. The van der Waals surface area contributed by atoms with E-state index in [-0.39, 0.29) is 6.04 Å². The Morgan fingerprint density at radius 1 is 1.29 bits per heavy atom. The van der Waals surface area contributed by atoms with Crippen molar-refractivity contribution in [1.82, 2.24) is 10.6 Å². The third-order valence-corrected chi connectivity index (χ3v) is 1.98. The molecule has 4 N–H and O–H groups in total. The van der Waals surface area contributed by atoms with Crippen LogP contribution in [-0.2, 0) is 9.53 Å². The maximum absolute atomic E-state index is 11.4. The summed E-state index contributed by atoms with van der Waals surface area (Å²) in [5.41, 5.74) is 0. The molecule has 0 aliphatic heterocycles. The average molecular weight is 248 g/mol. The molecule has 0 aromatic heterocycles. The van der Waals surface area contributed by atoms with Crippen molar-refractivity contribution < 1.29 is 24.5 Å². The minimum Gasteiger partial charge on any atom is -0.480 e. The van der Waals surface area contributed by atoms with Gasteiger partial charge in [0.05, 0.1) is 18.8 Å². The highest BCUT2D eigenvalue weighted by Crippen LogP contribution is 1.93. The van der Waals surface area contributed by atoms with Crippen LogP contribution < -0.4 is 10.6 Å². The van der Waals surface area contributed by atoms with Crippen molar-refractivity contribution in [3.05, 3.63) is 0 Å². The van der Waals surface area contributed by atoms with E-state index >= 15 is 0 Å². The Morgan fingerprint density at radius 2 is 1.88 bits per heavy atom. The van der Waals surface area contributed by atoms with Gasteiger partial charge in [-0.15, -0.1) is 0 Å². The third-order valence-electron chi connectivity index (χ3n) is 1.98. The van der Waals surface area contributed by atoms with Crippen LogP contribution in [-0.4, -0.2) is 53.6 Å². The first-order valence-electron chi connectivity index (χ1n) is 5.44. The van der Waals surface area contributed by atoms with E-state index in [0.717, 1.165) is 0 Å². The number of carbonyl (C=O) groups is 2. The fraction of sp³-hybridized carbons (Fsp3) is 0.800. The summed E-state index contributed by atoms with van der Waals surface area (Å²) in [6.45, 7) is 5.74. The predicted octanol–water partition coefficient (Wildman–Crippen LogP) is -0.455. The van der Waals surface area contributed by atoms with E-state index in [1.165, 1.54) is 6.92 Å². The molecule has 17 heavy (non-hydrogen) atoms. The van der Waals surface area contributed by atoms with Crippen LogP contribution in [0.3, 0.4) is 0 Å². The molecule has 0 saturated carbocycles. The number of urea groups is 1. The number of aliphatic carboxylic acids is 1. The monoisotopic (exact) mass is 248 g/mol. The van der Waals surface area contributed by atoms with E-state index in [9.17, 15) is 9.59 Å². The first kappa shape index (κ1) is 15.7. The molecule has 7 nitrogen and oxygen atoms in total. The number of aliphatic hydroxyl groups excluding tert-OH is 1. The van der Waals surface area contributed by atoms with Crippen LogP contribution in [0.15, 0.2) is 0 Å². The number of rotatable bonds is 7. The van der Waals surface area contributed by atoms with Gasteiger partial charge in [-0.05, 0) is 20.8 Å². The first-order chi connectivity index (χ1) is 7.88. The molecule has 0 aliphatic carbocycles. The summed E-state index contributed by atoms with van der Waals surface area (Å²) in [6.07, 6.45) is -1.17. The van der Waals surface area contributed by atoms with E-state index in [1.54, 1.807) is 6.92 Å². The number of carboxylic acid groups (broad SMARTS) is 1. The SMILES string of the molecule is CCOCC(C)NC(=O)N[C@H](C(=O)O)[C@@H](C)O. The Hall–Kier alpha value is -1.34. The summed E-state index contributed by atoms with van der Waals surface area (Å²) in [5.74, 6) is -1.28. The Labute approximate surface area is 100 Å². The Morgan fingerprint density at radius 3 is 2.29 bits per heavy atom. The number of aliphatic hydroxyl groups is 1. The predicted molar refractivity (Wildman–Crippen MR) is 60.7 cm³/mol. The molecule has 0 aliphatic rings. The molecule has 2 amide bonds. The molecular formula is C10H20N2O5. The smallest absolute Gasteiger partial charge is 0.328 e. The van der Waals surface area contributed by atoms with Gasteiger partial charge in [0.1, 0.15) is 0 Å². The van der Waals surface area contributed by atoms with E-state index < -0.39 is 24.1 Å². The normalized spacial score (nSPS) is 15.8. The highest BCUT2D eigenvalue weighted by Gasteiger charge is 2.25. The number of ether oxygens (including phenoxy) is 1. The van der Waals surface area contributed by atoms with E-state index in [0.29, 0.717) is 13.2 Å². The number of hydrogen-bond acceptors (Lipinski definition) is 4. The molecule has 0 aromatic rings. The van der Waals surface area contributed by atoms with Crippen molar-refractivity contribution in [2.24, 2.45) is 0 Å². The molecule has 1 unspecified atom stereocenters. The standard InChI is InChI=1S/C10H20N2O5/c1-4-17-5-6(2)11-10(16)12-8(7(3)13)9(14)15/h6-8,13H,4-5H2,1-3H3,(H,14,15)(H2,11,12,16)/t6?,7-,8+/m1/s1. The van der Waals surface area contributed by atoms with Crippen LogP contribution in [0.2, 0.25) is 0 Å². The van der Waals surface area contributed by atoms with Crippen LogP contribution in [0.4, 0.5) is 4.79 Å². The third kappa shape index (κ3) is 6.75. The largest absolute Gasteiger partial charge is 0.480 e. The van der Waals surface area contributed by atoms with E-state index in [4.69, 9.17) is 14.9 Å².